The zero-order valence-electron chi connectivity index (χ0n) is 13.5. The average Bonchev–Trinajstić information content (AvgIpc) is 2.90. The molecular formula is C16H19N5S2. The number of H-pyrrole nitrogens is 1. The molecule has 0 fully saturated rings. The molecule has 3 rings (SSSR count). The first kappa shape index (κ1) is 16.1. The van der Waals surface area contributed by atoms with Gasteiger partial charge < -0.3 is 5.32 Å². The van der Waals surface area contributed by atoms with Crippen molar-refractivity contribution >= 4 is 46.1 Å². The van der Waals surface area contributed by atoms with Crippen LogP contribution in [0.4, 0.5) is 11.5 Å². The number of fused-ring (bicyclic) bond motifs is 1. The van der Waals surface area contributed by atoms with E-state index in [1.807, 2.05) is 31.0 Å². The molecule has 5 nitrogen and oxygen atoms in total. The van der Waals surface area contributed by atoms with Gasteiger partial charge in [-0.1, -0.05) is 37.7 Å². The van der Waals surface area contributed by atoms with Crippen LogP contribution in [0.2, 0.25) is 0 Å². The van der Waals surface area contributed by atoms with Gasteiger partial charge in [-0.2, -0.15) is 5.10 Å². The molecule has 2 aromatic heterocycles. The quantitative estimate of drug-likeness (QED) is 0.519. The molecule has 7 heteroatoms. The summed E-state index contributed by atoms with van der Waals surface area (Å²) < 4.78 is 0. The fraction of sp³-hybridized carbons (Fsp3) is 0.312. The third kappa shape index (κ3) is 3.45. The van der Waals surface area contributed by atoms with Crippen molar-refractivity contribution in [1.29, 1.82) is 0 Å². The second-order valence-corrected chi connectivity index (χ2v) is 7.77. The molecular weight excluding hydrogens is 326 g/mol. The Labute approximate surface area is 144 Å². The zero-order valence-corrected chi connectivity index (χ0v) is 15.2. The maximum absolute atomic E-state index is 4.64. The summed E-state index contributed by atoms with van der Waals surface area (Å²) >= 11 is 3.35. The van der Waals surface area contributed by atoms with Gasteiger partial charge in [-0.3, -0.25) is 5.10 Å². The highest BCUT2D eigenvalue weighted by atomic mass is 32.2. The van der Waals surface area contributed by atoms with Crippen LogP contribution in [0.25, 0.3) is 11.0 Å². The Kier molecular flexibility index (Phi) is 4.77. The number of nitrogens with zero attached hydrogens (tertiary/aromatic N) is 3. The van der Waals surface area contributed by atoms with Gasteiger partial charge in [0.05, 0.1) is 16.8 Å². The van der Waals surface area contributed by atoms with Crippen LogP contribution in [0.5, 0.6) is 0 Å². The van der Waals surface area contributed by atoms with Gasteiger partial charge in [0, 0.05) is 10.1 Å². The van der Waals surface area contributed by atoms with E-state index in [1.54, 1.807) is 0 Å². The van der Waals surface area contributed by atoms with E-state index in [4.69, 9.17) is 0 Å². The number of aromatic amines is 1. The number of aryl methyl sites for hydroxylation is 1. The molecule has 0 atom stereocenters. The van der Waals surface area contributed by atoms with Gasteiger partial charge in [-0.05, 0) is 25.3 Å². The molecule has 0 spiro atoms. The van der Waals surface area contributed by atoms with E-state index in [-0.39, 0.29) is 0 Å². The summed E-state index contributed by atoms with van der Waals surface area (Å²) in [6, 6.07) is 8.29. The van der Waals surface area contributed by atoms with Crippen LogP contribution < -0.4 is 5.32 Å². The number of para-hydroxylation sites is 1. The molecule has 0 aliphatic rings. The van der Waals surface area contributed by atoms with E-state index in [1.165, 1.54) is 16.7 Å². The van der Waals surface area contributed by atoms with E-state index in [2.05, 4.69) is 57.5 Å². The first-order valence-corrected chi connectivity index (χ1v) is 9.48. The number of benzene rings is 1. The van der Waals surface area contributed by atoms with Crippen LogP contribution in [-0.4, -0.2) is 31.7 Å². The highest BCUT2D eigenvalue weighted by Gasteiger charge is 2.14. The monoisotopic (exact) mass is 345 g/mol. The Bertz CT molecular complexity index is 828. The Hall–Kier alpha value is -1.73. The highest BCUT2D eigenvalue weighted by Crippen LogP contribution is 2.34. The molecule has 0 radical (unpaired) electrons. The molecule has 2 heterocycles. The van der Waals surface area contributed by atoms with Crippen molar-refractivity contribution in [3.63, 3.8) is 0 Å². The number of aromatic nitrogens is 4. The number of hydrogen-bond donors (Lipinski definition) is 2. The van der Waals surface area contributed by atoms with E-state index < -0.39 is 0 Å². The smallest absolute Gasteiger partial charge is 0.191 e. The van der Waals surface area contributed by atoms with Crippen molar-refractivity contribution in [2.24, 2.45) is 0 Å². The summed E-state index contributed by atoms with van der Waals surface area (Å²) in [6.45, 7) is 6.34. The van der Waals surface area contributed by atoms with Crippen LogP contribution in [0.3, 0.4) is 0 Å². The van der Waals surface area contributed by atoms with Gasteiger partial charge in [0.1, 0.15) is 5.82 Å². The Morgan fingerprint density at radius 2 is 1.96 bits per heavy atom. The Morgan fingerprint density at radius 3 is 2.70 bits per heavy atom. The predicted octanol–water partition coefficient (Wildman–Crippen LogP) is 4.63. The zero-order chi connectivity index (χ0) is 16.4. The van der Waals surface area contributed by atoms with E-state index in [0.717, 1.165) is 33.4 Å². The van der Waals surface area contributed by atoms with Crippen molar-refractivity contribution in [3.8, 4) is 0 Å². The second kappa shape index (κ2) is 6.80. The number of anilines is 2. The molecule has 0 saturated carbocycles. The topological polar surface area (TPSA) is 66.5 Å². The summed E-state index contributed by atoms with van der Waals surface area (Å²) in [5.41, 5.74) is 2.71. The molecule has 0 aliphatic carbocycles. The fourth-order valence-electron chi connectivity index (χ4n) is 2.29. The minimum atomic E-state index is 0.515. The minimum absolute atomic E-state index is 0.515. The van der Waals surface area contributed by atoms with Crippen LogP contribution in [0.15, 0.2) is 34.3 Å². The van der Waals surface area contributed by atoms with Crippen molar-refractivity contribution in [2.45, 2.75) is 36.1 Å². The lowest BCUT2D eigenvalue weighted by Crippen LogP contribution is -2.00. The summed E-state index contributed by atoms with van der Waals surface area (Å²) in [7, 11) is 0. The molecule has 23 heavy (non-hydrogen) atoms. The third-order valence-corrected chi connectivity index (χ3v) is 4.89. The fourth-order valence-corrected chi connectivity index (χ4v) is 3.57. The van der Waals surface area contributed by atoms with Gasteiger partial charge in [0.15, 0.2) is 10.8 Å². The standard InChI is InChI=1S/C16H19N5S2/c1-9(2)23-12-8-6-5-7-11(12)17-14-13-10(3)20-21-15(13)19-16(18-14)22-4/h5-9H,1-4H3,(H2,17,18,19,20,21). The van der Waals surface area contributed by atoms with Gasteiger partial charge >= 0.3 is 0 Å². The molecule has 2 N–H and O–H groups in total. The van der Waals surface area contributed by atoms with Crippen LogP contribution >= 0.6 is 23.5 Å². The van der Waals surface area contributed by atoms with E-state index >= 15 is 0 Å². The maximum Gasteiger partial charge on any atom is 0.191 e. The number of rotatable bonds is 5. The third-order valence-electron chi connectivity index (χ3n) is 3.27. The number of hydrogen-bond acceptors (Lipinski definition) is 6. The molecule has 0 saturated heterocycles. The predicted molar refractivity (Wildman–Crippen MR) is 98.9 cm³/mol. The molecule has 0 unspecified atom stereocenters. The van der Waals surface area contributed by atoms with Crippen molar-refractivity contribution < 1.29 is 0 Å². The lowest BCUT2D eigenvalue weighted by atomic mass is 10.2. The van der Waals surface area contributed by atoms with Crippen LogP contribution in [0.1, 0.15) is 19.5 Å². The van der Waals surface area contributed by atoms with Crippen molar-refractivity contribution in [2.75, 3.05) is 11.6 Å². The van der Waals surface area contributed by atoms with Crippen molar-refractivity contribution in [3.05, 3.63) is 30.0 Å². The highest BCUT2D eigenvalue weighted by molar-refractivity contribution is 8.00. The summed E-state index contributed by atoms with van der Waals surface area (Å²) in [6.07, 6.45) is 1.97. The number of nitrogens with one attached hydrogen (secondary N) is 2. The normalized spacial score (nSPS) is 11.3. The van der Waals surface area contributed by atoms with E-state index in [9.17, 15) is 0 Å². The Morgan fingerprint density at radius 1 is 1.17 bits per heavy atom. The lowest BCUT2D eigenvalue weighted by Gasteiger charge is -2.13. The summed E-state index contributed by atoms with van der Waals surface area (Å²) in [4.78, 5) is 10.3. The van der Waals surface area contributed by atoms with Gasteiger partial charge in [0.25, 0.3) is 0 Å². The first-order valence-electron chi connectivity index (χ1n) is 7.38. The lowest BCUT2D eigenvalue weighted by molar-refractivity contribution is 0.984. The largest absolute Gasteiger partial charge is 0.339 e. The van der Waals surface area contributed by atoms with Gasteiger partial charge in [0.2, 0.25) is 0 Å². The molecule has 3 aromatic rings. The minimum Gasteiger partial charge on any atom is -0.339 e. The molecule has 0 bridgehead atoms. The molecule has 0 aliphatic heterocycles. The molecule has 120 valence electrons. The number of thioether (sulfide) groups is 2. The summed E-state index contributed by atoms with van der Waals surface area (Å²) in [5.74, 6) is 0.794. The molecule has 1 aromatic carbocycles. The first-order chi connectivity index (χ1) is 11.1. The van der Waals surface area contributed by atoms with Crippen LogP contribution in [0, 0.1) is 6.92 Å². The molecule has 0 amide bonds. The van der Waals surface area contributed by atoms with Crippen molar-refractivity contribution in [1.82, 2.24) is 20.2 Å². The Balaban J connectivity index is 2.06. The van der Waals surface area contributed by atoms with Gasteiger partial charge in [-0.15, -0.1) is 11.8 Å². The SMILES string of the molecule is CSc1nc(Nc2ccccc2SC(C)C)c2c(C)n[nH]c2n1. The second-order valence-electron chi connectivity index (χ2n) is 5.38. The van der Waals surface area contributed by atoms with Crippen LogP contribution in [-0.2, 0) is 0 Å². The summed E-state index contributed by atoms with van der Waals surface area (Å²) in [5, 5.41) is 12.9. The maximum atomic E-state index is 4.64. The van der Waals surface area contributed by atoms with Gasteiger partial charge in [-0.25, -0.2) is 9.97 Å². The van der Waals surface area contributed by atoms with E-state index in [0.29, 0.717) is 5.25 Å². The average molecular weight is 345 g/mol.